The summed E-state index contributed by atoms with van der Waals surface area (Å²) >= 11 is 0. The number of hydrogen-bond acceptors (Lipinski definition) is 4. The molecule has 0 spiro atoms. The second-order valence-electron chi connectivity index (χ2n) is 7.71. The Morgan fingerprint density at radius 2 is 1.66 bits per heavy atom. The standard InChI is InChI=1S/C23H31N3O3/c1-15-7-8-19(11-16(15)2)25-9-10-26(18(4)14-25)23(27)24-20-13-22(29-6)21(28-5)12-17(20)3/h7-8,11-13,18H,9-10,14H2,1-6H3,(H,24,27)/t18-/m0/s1. The lowest BCUT2D eigenvalue weighted by Crippen LogP contribution is -2.55. The molecular weight excluding hydrogens is 366 g/mol. The summed E-state index contributed by atoms with van der Waals surface area (Å²) in [4.78, 5) is 17.2. The van der Waals surface area contributed by atoms with Crippen molar-refractivity contribution in [2.75, 3.05) is 44.1 Å². The molecule has 0 aromatic heterocycles. The maximum Gasteiger partial charge on any atom is 0.322 e. The molecular formula is C23H31N3O3. The quantitative estimate of drug-likeness (QED) is 0.832. The first-order valence-corrected chi connectivity index (χ1v) is 9.96. The molecule has 29 heavy (non-hydrogen) atoms. The third-order valence-electron chi connectivity index (χ3n) is 5.72. The second-order valence-corrected chi connectivity index (χ2v) is 7.71. The number of carbonyl (C=O) groups excluding carboxylic acids is 1. The van der Waals surface area contributed by atoms with Crippen LogP contribution >= 0.6 is 0 Å². The lowest BCUT2D eigenvalue weighted by Gasteiger charge is -2.41. The van der Waals surface area contributed by atoms with Crippen molar-refractivity contribution in [1.82, 2.24) is 4.90 Å². The van der Waals surface area contributed by atoms with Crippen LogP contribution in [0.3, 0.4) is 0 Å². The van der Waals surface area contributed by atoms with Gasteiger partial charge in [-0.15, -0.1) is 0 Å². The van der Waals surface area contributed by atoms with Crippen molar-refractivity contribution in [3.05, 3.63) is 47.0 Å². The third-order valence-corrected chi connectivity index (χ3v) is 5.72. The molecule has 0 radical (unpaired) electrons. The van der Waals surface area contributed by atoms with Crippen molar-refractivity contribution in [3.8, 4) is 11.5 Å². The van der Waals surface area contributed by atoms with E-state index in [-0.39, 0.29) is 12.1 Å². The molecule has 0 aliphatic carbocycles. The van der Waals surface area contributed by atoms with Crippen LogP contribution in [-0.2, 0) is 0 Å². The minimum absolute atomic E-state index is 0.0902. The largest absolute Gasteiger partial charge is 0.493 e. The van der Waals surface area contributed by atoms with Crippen LogP contribution in [-0.4, -0.2) is 50.8 Å². The van der Waals surface area contributed by atoms with Crippen LogP contribution in [0.1, 0.15) is 23.6 Å². The number of nitrogens with zero attached hydrogens (tertiary/aromatic N) is 2. The van der Waals surface area contributed by atoms with Gasteiger partial charge in [0.1, 0.15) is 0 Å². The van der Waals surface area contributed by atoms with E-state index in [9.17, 15) is 4.79 Å². The highest BCUT2D eigenvalue weighted by Gasteiger charge is 2.28. The van der Waals surface area contributed by atoms with E-state index in [1.54, 1.807) is 14.2 Å². The Morgan fingerprint density at radius 3 is 2.28 bits per heavy atom. The average molecular weight is 398 g/mol. The van der Waals surface area contributed by atoms with Gasteiger partial charge in [0.15, 0.2) is 11.5 Å². The van der Waals surface area contributed by atoms with Crippen molar-refractivity contribution in [1.29, 1.82) is 0 Å². The Morgan fingerprint density at radius 1 is 0.966 bits per heavy atom. The van der Waals surface area contributed by atoms with Gasteiger partial charge in [-0.25, -0.2) is 4.79 Å². The third kappa shape index (κ3) is 4.42. The first kappa shape index (κ1) is 20.8. The highest BCUT2D eigenvalue weighted by atomic mass is 16.5. The summed E-state index contributed by atoms with van der Waals surface area (Å²) in [5.41, 5.74) is 5.47. The number of carbonyl (C=O) groups is 1. The summed E-state index contributed by atoms with van der Waals surface area (Å²) < 4.78 is 10.7. The normalized spacial score (nSPS) is 16.6. The van der Waals surface area contributed by atoms with Gasteiger partial charge in [0.2, 0.25) is 0 Å². The van der Waals surface area contributed by atoms with Crippen LogP contribution < -0.4 is 19.7 Å². The first-order chi connectivity index (χ1) is 13.8. The number of amides is 2. The molecule has 2 aromatic rings. The van der Waals surface area contributed by atoms with Crippen LogP contribution in [0.25, 0.3) is 0 Å². The average Bonchev–Trinajstić information content (AvgIpc) is 2.70. The summed E-state index contributed by atoms with van der Waals surface area (Å²) in [6.45, 7) is 10.6. The molecule has 0 saturated carbocycles. The van der Waals surface area contributed by atoms with Gasteiger partial charge >= 0.3 is 6.03 Å². The zero-order valence-electron chi connectivity index (χ0n) is 18.2. The SMILES string of the molecule is COc1cc(C)c(NC(=O)N2CCN(c3ccc(C)c(C)c3)C[C@@H]2C)cc1OC. The maximum absolute atomic E-state index is 13.0. The van der Waals surface area contributed by atoms with Crippen LogP contribution in [0.15, 0.2) is 30.3 Å². The Balaban J connectivity index is 1.69. The highest BCUT2D eigenvalue weighted by Crippen LogP contribution is 2.33. The van der Waals surface area contributed by atoms with E-state index in [0.717, 1.165) is 24.3 Å². The van der Waals surface area contributed by atoms with Gasteiger partial charge in [0.25, 0.3) is 0 Å². The van der Waals surface area contributed by atoms with Gasteiger partial charge in [0, 0.05) is 43.1 Å². The van der Waals surface area contributed by atoms with Crippen molar-refractivity contribution in [2.24, 2.45) is 0 Å². The predicted octanol–water partition coefficient (Wildman–Crippen LogP) is 4.37. The molecule has 1 heterocycles. The predicted molar refractivity (Wildman–Crippen MR) is 118 cm³/mol. The fraction of sp³-hybridized carbons (Fsp3) is 0.435. The molecule has 1 saturated heterocycles. The Kier molecular flexibility index (Phi) is 6.20. The first-order valence-electron chi connectivity index (χ1n) is 9.96. The molecule has 1 fully saturated rings. The van der Waals surface area contributed by atoms with Crippen LogP contribution in [0.4, 0.5) is 16.2 Å². The minimum atomic E-state index is -0.0902. The Labute approximate surface area is 173 Å². The molecule has 3 rings (SSSR count). The van der Waals surface area contributed by atoms with Gasteiger partial charge < -0.3 is 24.6 Å². The fourth-order valence-electron chi connectivity index (χ4n) is 3.72. The highest BCUT2D eigenvalue weighted by molar-refractivity contribution is 5.91. The van der Waals surface area contributed by atoms with Crippen LogP contribution in [0.5, 0.6) is 11.5 Å². The number of hydrogen-bond donors (Lipinski definition) is 1. The van der Waals surface area contributed by atoms with Gasteiger partial charge in [0.05, 0.1) is 14.2 Å². The number of methoxy groups -OCH3 is 2. The minimum Gasteiger partial charge on any atom is -0.493 e. The molecule has 1 N–H and O–H groups in total. The van der Waals surface area contributed by atoms with Crippen molar-refractivity contribution in [3.63, 3.8) is 0 Å². The number of piperazine rings is 1. The molecule has 2 aromatic carbocycles. The lowest BCUT2D eigenvalue weighted by molar-refractivity contribution is 0.185. The van der Waals surface area contributed by atoms with Gasteiger partial charge in [-0.2, -0.15) is 0 Å². The van der Waals surface area contributed by atoms with E-state index in [4.69, 9.17) is 9.47 Å². The molecule has 6 heteroatoms. The van der Waals surface area contributed by atoms with Crippen LogP contribution in [0, 0.1) is 20.8 Å². The molecule has 1 aliphatic heterocycles. The second kappa shape index (κ2) is 8.64. The number of urea groups is 1. The van der Waals surface area contributed by atoms with E-state index in [2.05, 4.69) is 49.2 Å². The Hall–Kier alpha value is -2.89. The lowest BCUT2D eigenvalue weighted by atomic mass is 10.1. The smallest absolute Gasteiger partial charge is 0.322 e. The number of aryl methyl sites for hydroxylation is 3. The number of rotatable bonds is 4. The zero-order valence-corrected chi connectivity index (χ0v) is 18.2. The van der Waals surface area contributed by atoms with Gasteiger partial charge in [-0.05, 0) is 62.6 Å². The number of anilines is 2. The van der Waals surface area contributed by atoms with E-state index in [1.165, 1.54) is 16.8 Å². The van der Waals surface area contributed by atoms with E-state index < -0.39 is 0 Å². The summed E-state index contributed by atoms with van der Waals surface area (Å²) in [5, 5.41) is 3.04. The summed E-state index contributed by atoms with van der Waals surface area (Å²) in [6, 6.07) is 10.2. The Bertz CT molecular complexity index is 897. The molecule has 0 unspecified atom stereocenters. The van der Waals surface area contributed by atoms with E-state index in [1.807, 2.05) is 24.0 Å². The number of nitrogens with one attached hydrogen (secondary N) is 1. The molecule has 2 amide bonds. The molecule has 6 nitrogen and oxygen atoms in total. The van der Waals surface area contributed by atoms with Crippen molar-refractivity contribution >= 4 is 17.4 Å². The van der Waals surface area contributed by atoms with Crippen molar-refractivity contribution < 1.29 is 14.3 Å². The van der Waals surface area contributed by atoms with Gasteiger partial charge in [-0.1, -0.05) is 6.07 Å². The zero-order chi connectivity index (χ0) is 21.1. The molecule has 0 bridgehead atoms. The molecule has 1 aliphatic rings. The van der Waals surface area contributed by atoms with E-state index >= 15 is 0 Å². The maximum atomic E-state index is 13.0. The van der Waals surface area contributed by atoms with Gasteiger partial charge in [-0.3, -0.25) is 0 Å². The van der Waals surface area contributed by atoms with Crippen molar-refractivity contribution in [2.45, 2.75) is 33.7 Å². The number of ether oxygens (including phenoxy) is 2. The summed E-state index contributed by atoms with van der Waals surface area (Å²) in [7, 11) is 3.19. The van der Waals surface area contributed by atoms with Crippen LogP contribution in [0.2, 0.25) is 0 Å². The summed E-state index contributed by atoms with van der Waals surface area (Å²) in [6.07, 6.45) is 0. The monoisotopic (exact) mass is 397 g/mol. The molecule has 156 valence electrons. The molecule has 1 atom stereocenters. The topological polar surface area (TPSA) is 54.0 Å². The van der Waals surface area contributed by atoms with E-state index in [0.29, 0.717) is 18.0 Å². The summed E-state index contributed by atoms with van der Waals surface area (Å²) in [5.74, 6) is 1.25. The number of benzene rings is 2. The fourth-order valence-corrected chi connectivity index (χ4v) is 3.72.